The molecule has 3 aromatic rings. The van der Waals surface area contributed by atoms with Gasteiger partial charge in [-0.05, 0) is 36.1 Å². The lowest BCUT2D eigenvalue weighted by Gasteiger charge is -2.14. The van der Waals surface area contributed by atoms with Crippen molar-refractivity contribution in [3.63, 3.8) is 0 Å². The second-order valence-electron chi connectivity index (χ2n) is 7.28. The number of hydrogen-bond acceptors (Lipinski definition) is 4. The maximum Gasteiger partial charge on any atom is 0.226 e. The minimum Gasteiger partial charge on any atom is -0.354 e. The van der Waals surface area contributed by atoms with Gasteiger partial charge in [0.25, 0.3) is 0 Å². The Balaban J connectivity index is 1.56. The van der Waals surface area contributed by atoms with E-state index in [0.717, 1.165) is 16.9 Å². The van der Waals surface area contributed by atoms with Gasteiger partial charge in [0, 0.05) is 12.6 Å². The molecule has 0 aliphatic carbocycles. The van der Waals surface area contributed by atoms with E-state index in [-0.39, 0.29) is 18.4 Å². The SMILES string of the molecule is Cc1c(CC(=O)NCC(N)c2ccc(C(C)C)cc2)nnn1-c1ccccc1. The van der Waals surface area contributed by atoms with Crippen LogP contribution in [0, 0.1) is 6.92 Å². The average Bonchev–Trinajstić information content (AvgIpc) is 3.07. The molecule has 28 heavy (non-hydrogen) atoms. The Labute approximate surface area is 165 Å². The zero-order valence-electron chi connectivity index (χ0n) is 16.6. The van der Waals surface area contributed by atoms with Crippen molar-refractivity contribution in [2.45, 2.75) is 39.2 Å². The van der Waals surface area contributed by atoms with Crippen molar-refractivity contribution in [1.82, 2.24) is 20.3 Å². The number of aromatic nitrogens is 3. The quantitative estimate of drug-likeness (QED) is 0.663. The highest BCUT2D eigenvalue weighted by atomic mass is 16.1. The topological polar surface area (TPSA) is 85.8 Å². The summed E-state index contributed by atoms with van der Waals surface area (Å²) in [6.07, 6.45) is 0.178. The van der Waals surface area contributed by atoms with Gasteiger partial charge in [-0.25, -0.2) is 4.68 Å². The molecule has 1 aromatic heterocycles. The summed E-state index contributed by atoms with van der Waals surface area (Å²) < 4.78 is 1.74. The molecule has 1 unspecified atom stereocenters. The molecule has 3 N–H and O–H groups in total. The third-order valence-electron chi connectivity index (χ3n) is 4.87. The number of amides is 1. The fourth-order valence-electron chi connectivity index (χ4n) is 3.02. The summed E-state index contributed by atoms with van der Waals surface area (Å²) in [4.78, 5) is 12.3. The summed E-state index contributed by atoms with van der Waals surface area (Å²) in [6.45, 7) is 6.61. The van der Waals surface area contributed by atoms with Crippen LogP contribution < -0.4 is 11.1 Å². The van der Waals surface area contributed by atoms with E-state index < -0.39 is 0 Å². The first kappa shape index (κ1) is 19.8. The summed E-state index contributed by atoms with van der Waals surface area (Å²) in [5.74, 6) is 0.370. The van der Waals surface area contributed by atoms with Crippen LogP contribution in [0.2, 0.25) is 0 Å². The average molecular weight is 377 g/mol. The molecule has 2 aromatic carbocycles. The van der Waals surface area contributed by atoms with Crippen molar-refractivity contribution in [2.24, 2.45) is 5.73 Å². The van der Waals surface area contributed by atoms with Gasteiger partial charge in [-0.1, -0.05) is 61.5 Å². The first-order chi connectivity index (χ1) is 13.5. The van der Waals surface area contributed by atoms with E-state index >= 15 is 0 Å². The van der Waals surface area contributed by atoms with Crippen molar-refractivity contribution in [1.29, 1.82) is 0 Å². The first-order valence-electron chi connectivity index (χ1n) is 9.54. The number of nitrogens with zero attached hydrogens (tertiary/aromatic N) is 3. The molecule has 0 spiro atoms. The standard InChI is InChI=1S/C22H27N5O/c1-15(2)17-9-11-18(12-10-17)20(23)14-24-22(28)13-21-16(3)27(26-25-21)19-7-5-4-6-8-19/h4-12,15,20H,13-14,23H2,1-3H3,(H,24,28). The number of rotatable bonds is 7. The number of para-hydroxylation sites is 1. The molecule has 0 saturated carbocycles. The molecule has 1 heterocycles. The van der Waals surface area contributed by atoms with Crippen LogP contribution in [0.5, 0.6) is 0 Å². The van der Waals surface area contributed by atoms with Crippen molar-refractivity contribution in [2.75, 3.05) is 6.54 Å². The maximum atomic E-state index is 12.3. The molecule has 1 atom stereocenters. The highest BCUT2D eigenvalue weighted by molar-refractivity contribution is 5.78. The molecular weight excluding hydrogens is 350 g/mol. The molecule has 1 amide bonds. The molecule has 3 rings (SSSR count). The van der Waals surface area contributed by atoms with E-state index in [1.165, 1.54) is 5.56 Å². The van der Waals surface area contributed by atoms with Crippen LogP contribution in [-0.4, -0.2) is 27.4 Å². The molecule has 6 nitrogen and oxygen atoms in total. The summed E-state index contributed by atoms with van der Waals surface area (Å²) in [5.41, 5.74) is 11.0. The predicted molar refractivity (Wildman–Crippen MR) is 110 cm³/mol. The summed E-state index contributed by atoms with van der Waals surface area (Å²) >= 11 is 0. The highest BCUT2D eigenvalue weighted by Crippen LogP contribution is 2.17. The Kier molecular flexibility index (Phi) is 6.21. The van der Waals surface area contributed by atoms with Crippen LogP contribution in [0.3, 0.4) is 0 Å². The Morgan fingerprint density at radius 2 is 1.71 bits per heavy atom. The molecular formula is C22H27N5O. The zero-order valence-corrected chi connectivity index (χ0v) is 16.6. The van der Waals surface area contributed by atoms with Gasteiger partial charge < -0.3 is 11.1 Å². The largest absolute Gasteiger partial charge is 0.354 e. The third-order valence-corrected chi connectivity index (χ3v) is 4.87. The lowest BCUT2D eigenvalue weighted by molar-refractivity contribution is -0.120. The molecule has 146 valence electrons. The van der Waals surface area contributed by atoms with E-state index in [9.17, 15) is 4.79 Å². The Morgan fingerprint density at radius 1 is 1.07 bits per heavy atom. The van der Waals surface area contributed by atoms with Crippen LogP contribution >= 0.6 is 0 Å². The lowest BCUT2D eigenvalue weighted by Crippen LogP contribution is -2.33. The Bertz CT molecular complexity index is 916. The number of carbonyl (C=O) groups excluding carboxylic acids is 1. The van der Waals surface area contributed by atoms with Crippen molar-refractivity contribution >= 4 is 5.91 Å². The Hall–Kier alpha value is -2.99. The van der Waals surface area contributed by atoms with Gasteiger partial charge in [-0.3, -0.25) is 4.79 Å². The lowest BCUT2D eigenvalue weighted by atomic mass is 9.99. The molecule has 0 aliphatic heterocycles. The zero-order chi connectivity index (χ0) is 20.1. The molecule has 0 saturated heterocycles. The van der Waals surface area contributed by atoms with E-state index in [2.05, 4.69) is 41.6 Å². The number of hydrogen-bond donors (Lipinski definition) is 2. The molecule has 6 heteroatoms. The van der Waals surface area contributed by atoms with Gasteiger partial charge in [0.1, 0.15) is 0 Å². The molecule has 0 fully saturated rings. The van der Waals surface area contributed by atoms with E-state index in [1.807, 2.05) is 49.4 Å². The Morgan fingerprint density at radius 3 is 2.36 bits per heavy atom. The second-order valence-corrected chi connectivity index (χ2v) is 7.28. The van der Waals surface area contributed by atoms with Crippen molar-refractivity contribution < 1.29 is 4.79 Å². The number of nitrogens with two attached hydrogens (primary N) is 1. The summed E-state index contributed by atoms with van der Waals surface area (Å²) in [7, 11) is 0. The van der Waals surface area contributed by atoms with Gasteiger partial charge >= 0.3 is 0 Å². The van der Waals surface area contributed by atoms with Crippen LogP contribution in [0.4, 0.5) is 0 Å². The van der Waals surface area contributed by atoms with E-state index in [4.69, 9.17) is 5.73 Å². The molecule has 0 radical (unpaired) electrons. The predicted octanol–water partition coefficient (Wildman–Crippen LogP) is 3.06. The van der Waals surface area contributed by atoms with Gasteiger partial charge in [-0.2, -0.15) is 0 Å². The third kappa shape index (κ3) is 4.64. The molecule has 0 aliphatic rings. The number of nitrogens with one attached hydrogen (secondary N) is 1. The minimum absolute atomic E-state index is 0.113. The van der Waals surface area contributed by atoms with Gasteiger partial charge in [0.2, 0.25) is 5.91 Å². The van der Waals surface area contributed by atoms with E-state index in [1.54, 1.807) is 4.68 Å². The monoisotopic (exact) mass is 377 g/mol. The maximum absolute atomic E-state index is 12.3. The van der Waals surface area contributed by atoms with E-state index in [0.29, 0.717) is 18.2 Å². The van der Waals surface area contributed by atoms with Gasteiger partial charge in [-0.15, -0.1) is 5.10 Å². The van der Waals surface area contributed by atoms with Crippen LogP contribution in [-0.2, 0) is 11.2 Å². The fourth-order valence-corrected chi connectivity index (χ4v) is 3.02. The van der Waals surface area contributed by atoms with Crippen molar-refractivity contribution in [3.05, 3.63) is 77.1 Å². The van der Waals surface area contributed by atoms with Crippen LogP contribution in [0.1, 0.15) is 48.3 Å². The number of benzene rings is 2. The first-order valence-corrected chi connectivity index (χ1v) is 9.54. The van der Waals surface area contributed by atoms with Crippen molar-refractivity contribution in [3.8, 4) is 5.69 Å². The smallest absolute Gasteiger partial charge is 0.226 e. The van der Waals surface area contributed by atoms with Gasteiger partial charge in [0.15, 0.2) is 0 Å². The summed E-state index contributed by atoms with van der Waals surface area (Å²) in [6, 6.07) is 17.7. The summed E-state index contributed by atoms with van der Waals surface area (Å²) in [5, 5.41) is 11.2. The second kappa shape index (κ2) is 8.80. The highest BCUT2D eigenvalue weighted by Gasteiger charge is 2.15. The normalized spacial score (nSPS) is 12.2. The minimum atomic E-state index is -0.244. The van der Waals surface area contributed by atoms with Crippen LogP contribution in [0.25, 0.3) is 5.69 Å². The van der Waals surface area contributed by atoms with Gasteiger partial charge in [0.05, 0.1) is 23.5 Å². The number of carbonyl (C=O) groups is 1. The van der Waals surface area contributed by atoms with Crippen LogP contribution in [0.15, 0.2) is 54.6 Å². The molecule has 0 bridgehead atoms. The fraction of sp³-hybridized carbons (Fsp3) is 0.318.